The Morgan fingerprint density at radius 3 is 2.34 bits per heavy atom. The normalized spacial score (nSPS) is 21.5. The highest BCUT2D eigenvalue weighted by molar-refractivity contribution is 6.42. The van der Waals surface area contributed by atoms with Crippen molar-refractivity contribution in [1.82, 2.24) is 14.9 Å². The van der Waals surface area contributed by atoms with Crippen molar-refractivity contribution < 1.29 is 28.5 Å². The Labute approximate surface area is 268 Å². The van der Waals surface area contributed by atoms with Gasteiger partial charge in [0.05, 0.1) is 50.7 Å². The van der Waals surface area contributed by atoms with Crippen LogP contribution in [0.3, 0.4) is 0 Å². The molecule has 4 unspecified atom stereocenters. The summed E-state index contributed by atoms with van der Waals surface area (Å²) in [7, 11) is 7.86. The molecular weight excluding hydrogens is 611 g/mol. The molecule has 1 aromatic heterocycles. The zero-order valence-electron chi connectivity index (χ0n) is 25.9. The van der Waals surface area contributed by atoms with Crippen LogP contribution in [0.15, 0.2) is 24.9 Å². The number of halogens is 2. The number of fused-ring (bicyclic) bond motifs is 1. The maximum atomic E-state index is 13.7. The van der Waals surface area contributed by atoms with Crippen LogP contribution < -0.4 is 24.6 Å². The van der Waals surface area contributed by atoms with Crippen molar-refractivity contribution in [3.05, 3.63) is 40.5 Å². The Balaban J connectivity index is 1.67. The van der Waals surface area contributed by atoms with Gasteiger partial charge in [0.15, 0.2) is 0 Å². The number of aromatic nitrogens is 2. The van der Waals surface area contributed by atoms with E-state index in [2.05, 4.69) is 23.8 Å². The van der Waals surface area contributed by atoms with Crippen LogP contribution in [0.5, 0.6) is 11.5 Å². The average molecular weight is 652 g/mol. The lowest BCUT2D eigenvalue weighted by Gasteiger charge is -2.45. The molecular formula is C30H40Cl2N6O6. The number of ether oxygens (including phenoxy) is 4. The van der Waals surface area contributed by atoms with Gasteiger partial charge in [-0.15, -0.1) is 0 Å². The van der Waals surface area contributed by atoms with E-state index in [0.29, 0.717) is 48.2 Å². The standard InChI is InChI=1S/C30H40Cl2N6O6/c1-8-10-11-37(24(39)9-2)19-13-21(42-5)20(41-4)12-18(19)34-29-33-15-17-16-38(30(40)36(3)28(17)35-29)27-25(31)22(43-6)14-23(44-7)26(27)32/h9,14-15,18-21H,2,8,10-13,16H2,1,3-7H3,(H,33,34,35). The number of unbranched alkanes of at least 4 members (excludes halogenated alkanes) is 1. The molecule has 1 saturated carbocycles. The topological polar surface area (TPSA) is 119 Å². The van der Waals surface area contributed by atoms with E-state index in [9.17, 15) is 9.59 Å². The van der Waals surface area contributed by atoms with Gasteiger partial charge in [0.2, 0.25) is 11.9 Å². The predicted octanol–water partition coefficient (Wildman–Crippen LogP) is 5.16. The summed E-state index contributed by atoms with van der Waals surface area (Å²) in [5.74, 6) is 1.23. The molecule has 1 N–H and O–H groups in total. The Morgan fingerprint density at radius 2 is 1.77 bits per heavy atom. The van der Waals surface area contributed by atoms with Crippen LogP contribution in [0, 0.1) is 0 Å². The highest BCUT2D eigenvalue weighted by atomic mass is 35.5. The van der Waals surface area contributed by atoms with E-state index >= 15 is 0 Å². The zero-order chi connectivity index (χ0) is 32.1. The van der Waals surface area contributed by atoms with Crippen LogP contribution in [0.1, 0.15) is 38.2 Å². The number of methoxy groups -OCH3 is 4. The average Bonchev–Trinajstić information content (AvgIpc) is 3.03. The first-order valence-corrected chi connectivity index (χ1v) is 15.2. The molecule has 2 heterocycles. The fraction of sp³-hybridized carbons (Fsp3) is 0.533. The van der Waals surface area contributed by atoms with Crippen LogP contribution in [0.4, 0.5) is 22.2 Å². The second-order valence-corrected chi connectivity index (χ2v) is 11.4. The summed E-state index contributed by atoms with van der Waals surface area (Å²) in [6.45, 7) is 6.49. The first-order chi connectivity index (χ1) is 21.1. The van der Waals surface area contributed by atoms with Crippen LogP contribution in [0.25, 0.3) is 0 Å². The van der Waals surface area contributed by atoms with Crippen LogP contribution >= 0.6 is 23.2 Å². The van der Waals surface area contributed by atoms with Gasteiger partial charge in [0.25, 0.3) is 0 Å². The Bertz CT molecular complexity index is 1350. The first-order valence-electron chi connectivity index (χ1n) is 14.4. The molecule has 1 aromatic carbocycles. The summed E-state index contributed by atoms with van der Waals surface area (Å²) in [6.07, 6.45) is 5.49. The van der Waals surface area contributed by atoms with Crippen molar-refractivity contribution in [1.29, 1.82) is 0 Å². The molecule has 14 heteroatoms. The molecule has 0 bridgehead atoms. The molecule has 1 fully saturated rings. The Hall–Kier alpha value is -3.32. The molecule has 2 aromatic rings. The molecule has 44 heavy (non-hydrogen) atoms. The Morgan fingerprint density at radius 1 is 1.14 bits per heavy atom. The molecule has 1 aliphatic heterocycles. The number of anilines is 3. The number of benzene rings is 1. The van der Waals surface area contributed by atoms with E-state index in [1.807, 2.05) is 4.90 Å². The SMILES string of the molecule is C=CC(=O)N(CCCC)C1CC(OC)C(OC)CC1Nc1ncc2c(n1)N(C)C(=O)N(c1c(Cl)c(OC)cc(OC)c1Cl)C2. The summed E-state index contributed by atoms with van der Waals surface area (Å²) in [6, 6.07) is 0.675. The van der Waals surface area contributed by atoms with Gasteiger partial charge in [-0.05, 0) is 25.3 Å². The third-order valence-corrected chi connectivity index (χ3v) is 8.93. The van der Waals surface area contributed by atoms with Gasteiger partial charge >= 0.3 is 6.03 Å². The summed E-state index contributed by atoms with van der Waals surface area (Å²) < 4.78 is 22.3. The third-order valence-electron chi connectivity index (χ3n) is 8.20. The molecule has 0 radical (unpaired) electrons. The molecule has 0 saturated heterocycles. The highest BCUT2D eigenvalue weighted by Gasteiger charge is 2.42. The van der Waals surface area contributed by atoms with Gasteiger partial charge in [0.1, 0.15) is 27.4 Å². The van der Waals surface area contributed by atoms with Crippen molar-refractivity contribution >= 4 is 52.6 Å². The fourth-order valence-corrected chi connectivity index (χ4v) is 6.53. The van der Waals surface area contributed by atoms with Crippen molar-refractivity contribution in [2.45, 2.75) is 63.4 Å². The quantitative estimate of drug-likeness (QED) is 0.311. The van der Waals surface area contributed by atoms with E-state index in [-0.39, 0.29) is 52.5 Å². The third kappa shape index (κ3) is 6.53. The van der Waals surface area contributed by atoms with E-state index in [0.717, 1.165) is 12.8 Å². The van der Waals surface area contributed by atoms with Crippen molar-refractivity contribution in [3.8, 4) is 11.5 Å². The summed E-state index contributed by atoms with van der Waals surface area (Å²) in [5.41, 5.74) is 0.934. The van der Waals surface area contributed by atoms with E-state index in [4.69, 9.17) is 47.1 Å². The number of urea groups is 1. The lowest BCUT2D eigenvalue weighted by atomic mass is 9.84. The van der Waals surface area contributed by atoms with Gasteiger partial charge in [-0.3, -0.25) is 14.6 Å². The summed E-state index contributed by atoms with van der Waals surface area (Å²) in [5, 5.41) is 3.79. The molecule has 1 aliphatic carbocycles. The van der Waals surface area contributed by atoms with E-state index < -0.39 is 6.03 Å². The zero-order valence-corrected chi connectivity index (χ0v) is 27.4. The molecule has 240 valence electrons. The van der Waals surface area contributed by atoms with Gasteiger partial charge in [-0.1, -0.05) is 43.1 Å². The monoisotopic (exact) mass is 650 g/mol. The number of carbonyl (C=O) groups excluding carboxylic acids is 2. The van der Waals surface area contributed by atoms with Gasteiger partial charge in [-0.25, -0.2) is 9.78 Å². The minimum absolute atomic E-state index is 0.112. The van der Waals surface area contributed by atoms with Crippen molar-refractivity contribution in [2.75, 3.05) is 57.1 Å². The minimum atomic E-state index is -0.401. The lowest BCUT2D eigenvalue weighted by molar-refractivity contribution is -0.133. The van der Waals surface area contributed by atoms with E-state index in [1.165, 1.54) is 30.1 Å². The molecule has 3 amide bonds. The molecule has 12 nitrogen and oxygen atoms in total. The highest BCUT2D eigenvalue weighted by Crippen LogP contribution is 2.47. The van der Waals surface area contributed by atoms with Gasteiger partial charge in [0, 0.05) is 45.6 Å². The number of nitrogens with one attached hydrogen (secondary N) is 1. The van der Waals surface area contributed by atoms with Crippen molar-refractivity contribution in [3.63, 3.8) is 0 Å². The number of hydrogen-bond donors (Lipinski definition) is 1. The van der Waals surface area contributed by atoms with Gasteiger partial charge < -0.3 is 29.2 Å². The molecule has 4 atom stereocenters. The van der Waals surface area contributed by atoms with Crippen LogP contribution in [-0.4, -0.2) is 93.1 Å². The second kappa shape index (κ2) is 14.6. The summed E-state index contributed by atoms with van der Waals surface area (Å²) in [4.78, 5) is 40.7. The lowest BCUT2D eigenvalue weighted by Crippen LogP contribution is -2.58. The number of hydrogen-bond acceptors (Lipinski definition) is 9. The van der Waals surface area contributed by atoms with E-state index in [1.54, 1.807) is 33.5 Å². The second-order valence-electron chi connectivity index (χ2n) is 10.7. The Kier molecular flexibility index (Phi) is 11.2. The largest absolute Gasteiger partial charge is 0.495 e. The van der Waals surface area contributed by atoms with Crippen LogP contribution in [0.2, 0.25) is 10.0 Å². The fourth-order valence-electron chi connectivity index (χ4n) is 5.82. The number of nitrogens with zero attached hydrogens (tertiary/aromatic N) is 5. The predicted molar refractivity (Wildman–Crippen MR) is 170 cm³/mol. The van der Waals surface area contributed by atoms with Crippen molar-refractivity contribution in [2.24, 2.45) is 0 Å². The number of carbonyl (C=O) groups is 2. The molecule has 2 aliphatic rings. The van der Waals surface area contributed by atoms with Crippen LogP contribution in [-0.2, 0) is 20.8 Å². The van der Waals surface area contributed by atoms with Gasteiger partial charge in [-0.2, -0.15) is 4.98 Å². The number of rotatable bonds is 12. The summed E-state index contributed by atoms with van der Waals surface area (Å²) >= 11 is 13.3. The maximum Gasteiger partial charge on any atom is 0.330 e. The maximum absolute atomic E-state index is 13.7. The smallest absolute Gasteiger partial charge is 0.330 e. The molecule has 0 spiro atoms. The number of amides is 3. The first kappa shape index (κ1) is 33.6. The minimum Gasteiger partial charge on any atom is -0.495 e. The molecule has 4 rings (SSSR count).